The Labute approximate surface area is 199 Å². The van der Waals surface area contributed by atoms with Crippen LogP contribution < -0.4 is 5.32 Å². The Morgan fingerprint density at radius 3 is 2.67 bits per heavy atom. The second-order valence-corrected chi connectivity index (χ2v) is 8.81. The molecular formula is C24H23BrN2O6. The van der Waals surface area contributed by atoms with Crippen molar-refractivity contribution >= 4 is 45.3 Å². The van der Waals surface area contributed by atoms with Gasteiger partial charge in [-0.2, -0.15) is 0 Å². The highest BCUT2D eigenvalue weighted by Gasteiger charge is 2.38. The summed E-state index contributed by atoms with van der Waals surface area (Å²) in [6.45, 7) is 2.31. The van der Waals surface area contributed by atoms with Crippen LogP contribution in [-0.2, 0) is 20.7 Å². The van der Waals surface area contributed by atoms with Crippen LogP contribution in [0.4, 0.5) is 5.69 Å². The molecule has 2 heterocycles. The van der Waals surface area contributed by atoms with Crippen molar-refractivity contribution in [3.63, 3.8) is 0 Å². The fourth-order valence-corrected chi connectivity index (χ4v) is 4.36. The number of hydrogen-bond donors (Lipinski definition) is 1. The van der Waals surface area contributed by atoms with Crippen LogP contribution in [0.5, 0.6) is 0 Å². The molecule has 0 spiro atoms. The van der Waals surface area contributed by atoms with Crippen LogP contribution in [-0.4, -0.2) is 54.5 Å². The van der Waals surface area contributed by atoms with E-state index >= 15 is 0 Å². The maximum Gasteiger partial charge on any atom is 0.338 e. The Balaban J connectivity index is 1.38. The quantitative estimate of drug-likeness (QED) is 0.447. The van der Waals surface area contributed by atoms with Gasteiger partial charge in [-0.3, -0.25) is 19.3 Å². The lowest BCUT2D eigenvalue weighted by atomic mass is 10.1. The van der Waals surface area contributed by atoms with Crippen molar-refractivity contribution in [2.75, 3.05) is 25.1 Å². The second kappa shape index (κ2) is 9.84. The van der Waals surface area contributed by atoms with Crippen LogP contribution in [0.1, 0.15) is 56.4 Å². The second-order valence-electron chi connectivity index (χ2n) is 7.90. The number of carbonyl (C=O) groups is 4. The van der Waals surface area contributed by atoms with E-state index in [9.17, 15) is 19.2 Å². The van der Waals surface area contributed by atoms with Crippen LogP contribution in [0.15, 0.2) is 40.9 Å². The molecule has 0 unspecified atom stereocenters. The highest BCUT2D eigenvalue weighted by atomic mass is 79.9. The lowest BCUT2D eigenvalue weighted by Gasteiger charge is -2.17. The van der Waals surface area contributed by atoms with Gasteiger partial charge in [-0.25, -0.2) is 4.79 Å². The van der Waals surface area contributed by atoms with Crippen LogP contribution >= 0.6 is 15.9 Å². The van der Waals surface area contributed by atoms with E-state index in [-0.39, 0.29) is 29.3 Å². The van der Waals surface area contributed by atoms with Crippen LogP contribution in [0, 0.1) is 0 Å². The molecule has 0 saturated carbocycles. The highest BCUT2D eigenvalue weighted by molar-refractivity contribution is 9.10. The SMILES string of the molecule is CCc1cc(Br)ccc1NC(=O)COC(=O)c1ccc2c(c1)C(=O)N(C[C@@H]1CCCO1)C2=O. The molecule has 9 heteroatoms. The fourth-order valence-electron chi connectivity index (χ4n) is 3.95. The first-order valence-electron chi connectivity index (χ1n) is 10.7. The third-order valence-corrected chi connectivity index (χ3v) is 6.17. The van der Waals surface area contributed by atoms with Crippen molar-refractivity contribution in [3.05, 3.63) is 63.1 Å². The summed E-state index contributed by atoms with van der Waals surface area (Å²) in [7, 11) is 0. The summed E-state index contributed by atoms with van der Waals surface area (Å²) in [5, 5.41) is 2.74. The Bertz CT molecular complexity index is 1130. The molecular weight excluding hydrogens is 492 g/mol. The molecule has 1 atom stereocenters. The van der Waals surface area contributed by atoms with Gasteiger partial charge >= 0.3 is 5.97 Å². The van der Waals surface area contributed by atoms with Gasteiger partial charge < -0.3 is 14.8 Å². The summed E-state index contributed by atoms with van der Waals surface area (Å²) in [6.07, 6.45) is 2.27. The average molecular weight is 515 g/mol. The first kappa shape index (κ1) is 23.1. The molecule has 0 bridgehead atoms. The molecule has 0 aliphatic carbocycles. The molecule has 33 heavy (non-hydrogen) atoms. The smallest absolute Gasteiger partial charge is 0.338 e. The summed E-state index contributed by atoms with van der Waals surface area (Å²) in [5.74, 6) is -2.08. The molecule has 2 aromatic carbocycles. The van der Waals surface area contributed by atoms with Crippen LogP contribution in [0.25, 0.3) is 0 Å². The molecule has 0 radical (unpaired) electrons. The van der Waals surface area contributed by atoms with Gasteiger partial charge in [0, 0.05) is 16.8 Å². The number of imide groups is 1. The van der Waals surface area contributed by atoms with Gasteiger partial charge in [0.15, 0.2) is 6.61 Å². The van der Waals surface area contributed by atoms with Gasteiger partial charge in [-0.15, -0.1) is 0 Å². The minimum atomic E-state index is -0.753. The van der Waals surface area contributed by atoms with Gasteiger partial charge in [0.1, 0.15) is 0 Å². The number of nitrogens with one attached hydrogen (secondary N) is 1. The number of aryl methyl sites for hydroxylation is 1. The van der Waals surface area contributed by atoms with E-state index in [4.69, 9.17) is 9.47 Å². The normalized spacial score (nSPS) is 17.3. The summed E-state index contributed by atoms with van der Waals surface area (Å²) in [6, 6.07) is 9.70. The molecule has 1 fully saturated rings. The number of anilines is 1. The standard InChI is InChI=1S/C24H23BrN2O6/c1-2-14-10-16(25)6-8-20(14)26-21(28)13-33-24(31)15-5-7-18-19(11-15)23(30)27(22(18)29)12-17-4-3-9-32-17/h5-8,10-11,17H,2-4,9,12-13H2,1H3,(H,26,28)/t17-/m0/s1. The number of amides is 3. The maximum atomic E-state index is 12.8. The largest absolute Gasteiger partial charge is 0.452 e. The molecule has 172 valence electrons. The molecule has 4 rings (SSSR count). The minimum absolute atomic E-state index is 0.0968. The third kappa shape index (κ3) is 4.99. The van der Waals surface area contributed by atoms with E-state index in [1.54, 1.807) is 6.07 Å². The number of esters is 1. The first-order valence-corrected chi connectivity index (χ1v) is 11.5. The van der Waals surface area contributed by atoms with Gasteiger partial charge in [0.2, 0.25) is 0 Å². The fraction of sp³-hybridized carbons (Fsp3) is 0.333. The van der Waals surface area contributed by atoms with Gasteiger partial charge in [-0.05, 0) is 61.2 Å². The molecule has 2 aliphatic rings. The monoisotopic (exact) mass is 514 g/mol. The molecule has 1 N–H and O–H groups in total. The minimum Gasteiger partial charge on any atom is -0.452 e. The molecule has 8 nitrogen and oxygen atoms in total. The zero-order valence-electron chi connectivity index (χ0n) is 18.1. The molecule has 0 aromatic heterocycles. The summed E-state index contributed by atoms with van der Waals surface area (Å²) < 4.78 is 11.6. The lowest BCUT2D eigenvalue weighted by Crippen LogP contribution is -2.36. The van der Waals surface area contributed by atoms with E-state index in [2.05, 4.69) is 21.2 Å². The van der Waals surface area contributed by atoms with E-state index in [0.717, 1.165) is 34.2 Å². The van der Waals surface area contributed by atoms with Gasteiger partial charge in [0.05, 0.1) is 29.3 Å². The number of benzene rings is 2. The predicted molar refractivity (Wildman–Crippen MR) is 123 cm³/mol. The number of nitrogens with zero attached hydrogens (tertiary/aromatic N) is 1. The lowest BCUT2D eigenvalue weighted by molar-refractivity contribution is -0.119. The van der Waals surface area contributed by atoms with Gasteiger partial charge in [-0.1, -0.05) is 22.9 Å². The first-order chi connectivity index (χ1) is 15.9. The Hall–Kier alpha value is -3.04. The van der Waals surface area contributed by atoms with Crippen molar-refractivity contribution in [2.24, 2.45) is 0 Å². The van der Waals surface area contributed by atoms with Crippen LogP contribution in [0.3, 0.4) is 0 Å². The summed E-state index contributed by atoms with van der Waals surface area (Å²) >= 11 is 3.40. The highest BCUT2D eigenvalue weighted by Crippen LogP contribution is 2.26. The van der Waals surface area contributed by atoms with Crippen molar-refractivity contribution < 1.29 is 28.7 Å². The molecule has 3 amide bonds. The Kier molecular flexibility index (Phi) is 6.90. The summed E-state index contributed by atoms with van der Waals surface area (Å²) in [4.78, 5) is 51.3. The van der Waals surface area contributed by atoms with Crippen molar-refractivity contribution in [3.8, 4) is 0 Å². The molecule has 1 saturated heterocycles. The van der Waals surface area contributed by atoms with Crippen molar-refractivity contribution in [1.29, 1.82) is 0 Å². The molecule has 2 aromatic rings. The third-order valence-electron chi connectivity index (χ3n) is 5.67. The number of hydrogen-bond acceptors (Lipinski definition) is 6. The van der Waals surface area contributed by atoms with E-state index in [1.807, 2.05) is 19.1 Å². The van der Waals surface area contributed by atoms with Crippen molar-refractivity contribution in [2.45, 2.75) is 32.3 Å². The Morgan fingerprint density at radius 1 is 1.15 bits per heavy atom. The number of carbonyl (C=O) groups excluding carboxylic acids is 4. The number of fused-ring (bicyclic) bond motifs is 1. The Morgan fingerprint density at radius 2 is 1.94 bits per heavy atom. The number of halogens is 1. The van der Waals surface area contributed by atoms with E-state index in [0.29, 0.717) is 12.3 Å². The topological polar surface area (TPSA) is 102 Å². The zero-order valence-corrected chi connectivity index (χ0v) is 19.6. The van der Waals surface area contributed by atoms with Crippen LogP contribution in [0.2, 0.25) is 0 Å². The van der Waals surface area contributed by atoms with E-state index < -0.39 is 30.3 Å². The van der Waals surface area contributed by atoms with Crippen molar-refractivity contribution in [1.82, 2.24) is 4.90 Å². The van der Waals surface area contributed by atoms with Gasteiger partial charge in [0.25, 0.3) is 17.7 Å². The number of ether oxygens (including phenoxy) is 2. The average Bonchev–Trinajstić information content (AvgIpc) is 3.41. The number of rotatable bonds is 7. The summed E-state index contributed by atoms with van der Waals surface area (Å²) in [5.41, 5.74) is 2.08. The molecule has 2 aliphatic heterocycles. The van der Waals surface area contributed by atoms with E-state index in [1.165, 1.54) is 18.2 Å². The predicted octanol–water partition coefficient (Wildman–Crippen LogP) is 3.58. The maximum absolute atomic E-state index is 12.8. The zero-order chi connectivity index (χ0) is 23.5.